The molecule has 0 heterocycles. The highest BCUT2D eigenvalue weighted by molar-refractivity contribution is 7.89. The van der Waals surface area contributed by atoms with Crippen molar-refractivity contribution in [1.29, 1.82) is 0 Å². The van der Waals surface area contributed by atoms with Gasteiger partial charge in [-0.25, -0.2) is 8.42 Å². The molecular formula is C12H15ClN2O2S. The van der Waals surface area contributed by atoms with Crippen LogP contribution in [0.5, 0.6) is 0 Å². The zero-order chi connectivity index (χ0) is 13.8. The lowest BCUT2D eigenvalue weighted by atomic mass is 10.3. The van der Waals surface area contributed by atoms with Gasteiger partial charge in [0.1, 0.15) is 4.90 Å². The first kappa shape index (κ1) is 14.8. The Morgan fingerprint density at radius 1 is 1.28 bits per heavy atom. The van der Waals surface area contributed by atoms with E-state index >= 15 is 0 Å². The van der Waals surface area contributed by atoms with Crippen LogP contribution in [-0.2, 0) is 10.0 Å². The van der Waals surface area contributed by atoms with Crippen LogP contribution in [-0.4, -0.2) is 25.8 Å². The lowest BCUT2D eigenvalue weighted by molar-refractivity contribution is 0.474. The second kappa shape index (κ2) is 6.04. The fraction of sp³-hybridized carbons (Fsp3) is 0.167. The van der Waals surface area contributed by atoms with E-state index in [-0.39, 0.29) is 28.7 Å². The largest absolute Gasteiger partial charge is 0.398 e. The van der Waals surface area contributed by atoms with Crippen molar-refractivity contribution < 1.29 is 8.42 Å². The minimum atomic E-state index is -3.75. The van der Waals surface area contributed by atoms with E-state index < -0.39 is 10.0 Å². The van der Waals surface area contributed by atoms with Crippen molar-refractivity contribution in [2.75, 3.05) is 18.8 Å². The van der Waals surface area contributed by atoms with Crippen molar-refractivity contribution >= 4 is 27.3 Å². The van der Waals surface area contributed by atoms with Crippen molar-refractivity contribution in [1.82, 2.24) is 4.31 Å². The first-order chi connectivity index (χ1) is 8.45. The van der Waals surface area contributed by atoms with E-state index in [1.807, 2.05) is 0 Å². The van der Waals surface area contributed by atoms with Crippen LogP contribution in [0.25, 0.3) is 0 Å². The highest BCUT2D eigenvalue weighted by atomic mass is 35.5. The van der Waals surface area contributed by atoms with Crippen LogP contribution in [0.2, 0.25) is 5.02 Å². The number of nitrogens with two attached hydrogens (primary N) is 1. The molecule has 0 bridgehead atoms. The number of hydrogen-bond donors (Lipinski definition) is 1. The van der Waals surface area contributed by atoms with Crippen LogP contribution in [0, 0.1) is 0 Å². The maximum Gasteiger partial charge on any atom is 0.247 e. The molecule has 1 aromatic carbocycles. The average molecular weight is 287 g/mol. The van der Waals surface area contributed by atoms with Gasteiger partial charge in [-0.2, -0.15) is 4.31 Å². The average Bonchev–Trinajstić information content (AvgIpc) is 2.28. The van der Waals surface area contributed by atoms with Crippen LogP contribution < -0.4 is 5.73 Å². The molecule has 1 rings (SSSR count). The lowest BCUT2D eigenvalue weighted by Crippen LogP contribution is -2.32. The summed E-state index contributed by atoms with van der Waals surface area (Å²) in [6, 6.07) is 4.59. The Labute approximate surface area is 112 Å². The zero-order valence-electron chi connectivity index (χ0n) is 9.84. The molecule has 6 heteroatoms. The van der Waals surface area contributed by atoms with Gasteiger partial charge in [-0.1, -0.05) is 29.8 Å². The zero-order valence-corrected chi connectivity index (χ0v) is 11.4. The summed E-state index contributed by atoms with van der Waals surface area (Å²) in [5.41, 5.74) is 5.82. The summed E-state index contributed by atoms with van der Waals surface area (Å²) >= 11 is 5.92. The van der Waals surface area contributed by atoms with Gasteiger partial charge in [0.15, 0.2) is 0 Å². The smallest absolute Gasteiger partial charge is 0.247 e. The van der Waals surface area contributed by atoms with Gasteiger partial charge in [-0.3, -0.25) is 0 Å². The molecule has 0 fully saturated rings. The highest BCUT2D eigenvalue weighted by Crippen LogP contribution is 2.29. The summed E-state index contributed by atoms with van der Waals surface area (Å²) in [4.78, 5) is -0.0737. The number of halogens is 1. The first-order valence-electron chi connectivity index (χ1n) is 5.21. The standard InChI is InChI=1S/C12H15ClN2O2S/c1-3-8-15(9-4-2)18(16,17)12-10(13)6-5-7-11(12)14/h3-7H,1-2,8-9,14H2. The van der Waals surface area contributed by atoms with E-state index in [1.54, 1.807) is 6.07 Å². The van der Waals surface area contributed by atoms with Gasteiger partial charge in [-0.15, -0.1) is 13.2 Å². The van der Waals surface area contributed by atoms with Crippen molar-refractivity contribution in [2.24, 2.45) is 0 Å². The Morgan fingerprint density at radius 2 is 1.83 bits per heavy atom. The fourth-order valence-corrected chi connectivity index (χ4v) is 3.50. The summed E-state index contributed by atoms with van der Waals surface area (Å²) < 4.78 is 26.0. The molecule has 98 valence electrons. The molecule has 0 spiro atoms. The van der Waals surface area contributed by atoms with Crippen LogP contribution in [0.4, 0.5) is 5.69 Å². The third kappa shape index (κ3) is 2.93. The molecule has 1 aromatic rings. The number of nitrogens with zero attached hydrogens (tertiary/aromatic N) is 1. The van der Waals surface area contributed by atoms with Crippen LogP contribution in [0.3, 0.4) is 0 Å². The Hall–Kier alpha value is -1.30. The van der Waals surface area contributed by atoms with Gasteiger partial charge >= 0.3 is 0 Å². The highest BCUT2D eigenvalue weighted by Gasteiger charge is 2.27. The molecule has 0 aliphatic carbocycles. The number of anilines is 1. The van der Waals surface area contributed by atoms with Crippen molar-refractivity contribution in [3.05, 3.63) is 48.5 Å². The second-order valence-electron chi connectivity index (χ2n) is 3.56. The first-order valence-corrected chi connectivity index (χ1v) is 7.03. The Kier molecular flexibility index (Phi) is 4.95. The lowest BCUT2D eigenvalue weighted by Gasteiger charge is -2.20. The topological polar surface area (TPSA) is 63.4 Å². The molecular weight excluding hydrogens is 272 g/mol. The van der Waals surface area contributed by atoms with Gasteiger partial charge in [0.2, 0.25) is 10.0 Å². The Balaban J connectivity index is 3.34. The summed E-state index contributed by atoms with van der Waals surface area (Å²) in [6.07, 6.45) is 2.99. The number of rotatable bonds is 6. The van der Waals surface area contributed by atoms with Gasteiger partial charge in [0.05, 0.1) is 10.7 Å². The van der Waals surface area contributed by atoms with E-state index in [9.17, 15) is 8.42 Å². The molecule has 0 aromatic heterocycles. The van der Waals surface area contributed by atoms with Crippen LogP contribution in [0.15, 0.2) is 48.4 Å². The van der Waals surface area contributed by atoms with Gasteiger partial charge in [0.25, 0.3) is 0 Å². The molecule has 18 heavy (non-hydrogen) atoms. The number of hydrogen-bond acceptors (Lipinski definition) is 3. The summed E-state index contributed by atoms with van der Waals surface area (Å²) in [5, 5.41) is 0.105. The summed E-state index contributed by atoms with van der Waals surface area (Å²) in [5.74, 6) is 0. The monoisotopic (exact) mass is 286 g/mol. The van der Waals surface area contributed by atoms with E-state index in [0.717, 1.165) is 0 Å². The SMILES string of the molecule is C=CCN(CC=C)S(=O)(=O)c1c(N)cccc1Cl. The van der Waals surface area contributed by atoms with Crippen LogP contribution in [0.1, 0.15) is 0 Å². The van der Waals surface area contributed by atoms with E-state index in [1.165, 1.54) is 28.6 Å². The molecule has 0 radical (unpaired) electrons. The molecule has 0 unspecified atom stereocenters. The van der Waals surface area contributed by atoms with Crippen molar-refractivity contribution in [3.63, 3.8) is 0 Å². The van der Waals surface area contributed by atoms with Crippen LogP contribution >= 0.6 is 11.6 Å². The van der Waals surface area contributed by atoms with E-state index in [0.29, 0.717) is 0 Å². The summed E-state index contributed by atoms with van der Waals surface area (Å²) in [6.45, 7) is 7.39. The molecule has 0 aliphatic heterocycles. The minimum Gasteiger partial charge on any atom is -0.398 e. The minimum absolute atomic E-state index is 0.0737. The maximum atomic E-state index is 12.4. The van der Waals surface area contributed by atoms with E-state index in [2.05, 4.69) is 13.2 Å². The van der Waals surface area contributed by atoms with Gasteiger partial charge in [0, 0.05) is 13.1 Å². The number of sulfonamides is 1. The van der Waals surface area contributed by atoms with Crippen molar-refractivity contribution in [3.8, 4) is 0 Å². The third-order valence-corrected chi connectivity index (χ3v) is 4.64. The van der Waals surface area contributed by atoms with E-state index in [4.69, 9.17) is 17.3 Å². The molecule has 2 N–H and O–H groups in total. The molecule has 0 saturated carbocycles. The fourth-order valence-electron chi connectivity index (χ4n) is 1.49. The molecule has 0 amide bonds. The number of nitrogen functional groups attached to an aromatic ring is 1. The van der Waals surface area contributed by atoms with Crippen molar-refractivity contribution in [2.45, 2.75) is 4.90 Å². The quantitative estimate of drug-likeness (QED) is 0.644. The second-order valence-corrected chi connectivity index (χ2v) is 5.84. The Bertz CT molecular complexity index is 525. The maximum absolute atomic E-state index is 12.4. The van der Waals surface area contributed by atoms with Gasteiger partial charge < -0.3 is 5.73 Å². The third-order valence-electron chi connectivity index (χ3n) is 2.26. The molecule has 0 aliphatic rings. The predicted octanol–water partition coefficient (Wildman–Crippen LogP) is 2.28. The number of benzene rings is 1. The molecule has 0 saturated heterocycles. The summed E-state index contributed by atoms with van der Waals surface area (Å²) in [7, 11) is -3.75. The van der Waals surface area contributed by atoms with Gasteiger partial charge in [-0.05, 0) is 12.1 Å². The predicted molar refractivity (Wildman–Crippen MR) is 75.0 cm³/mol. The Morgan fingerprint density at radius 3 is 2.28 bits per heavy atom. The molecule has 0 atom stereocenters. The normalized spacial score (nSPS) is 11.4. The molecule has 4 nitrogen and oxygen atoms in total.